The molecule has 0 bridgehead atoms. The molecule has 0 aliphatic heterocycles. The van der Waals surface area contributed by atoms with Crippen molar-refractivity contribution in [3.05, 3.63) is 66.6 Å². The minimum absolute atomic E-state index is 0.157. The molecule has 0 spiro atoms. The van der Waals surface area contributed by atoms with E-state index in [1.54, 1.807) is 24.7 Å². The molecular weight excluding hydrogens is 290 g/mol. The summed E-state index contributed by atoms with van der Waals surface area (Å²) in [4.78, 5) is 19.5. The zero-order valence-electron chi connectivity index (χ0n) is 12.1. The highest BCUT2D eigenvalue weighted by Crippen LogP contribution is 2.20. The van der Waals surface area contributed by atoms with Gasteiger partial charge in [-0.3, -0.25) is 9.89 Å². The summed E-state index contributed by atoms with van der Waals surface area (Å²) in [6.07, 6.45) is 3.32. The average molecular weight is 303 g/mol. The predicted octanol–water partition coefficient (Wildman–Crippen LogP) is 3.21. The summed E-state index contributed by atoms with van der Waals surface area (Å²) in [5, 5.41) is 9.72. The van der Waals surface area contributed by atoms with Gasteiger partial charge in [-0.1, -0.05) is 12.1 Å². The number of carbonyl (C=O) groups excluding carboxylic acids is 1. The van der Waals surface area contributed by atoms with Gasteiger partial charge in [-0.15, -0.1) is 0 Å². The van der Waals surface area contributed by atoms with Crippen LogP contribution in [0.25, 0.3) is 22.3 Å². The number of hydrogen-bond donors (Lipinski definition) is 3. The SMILES string of the molecule is O=C(Nc1ccc(-c2ccn[nH]2)cc1)c1ccc2nc[nH]c2c1. The third kappa shape index (κ3) is 2.57. The first kappa shape index (κ1) is 13.3. The Morgan fingerprint density at radius 2 is 1.91 bits per heavy atom. The first-order valence-corrected chi connectivity index (χ1v) is 7.14. The van der Waals surface area contributed by atoms with E-state index >= 15 is 0 Å². The Kier molecular flexibility index (Phi) is 3.12. The molecular formula is C17H13N5O. The molecule has 2 heterocycles. The summed E-state index contributed by atoms with van der Waals surface area (Å²) in [5.41, 5.74) is 4.95. The van der Waals surface area contributed by atoms with Crippen LogP contribution in [0.3, 0.4) is 0 Å². The predicted molar refractivity (Wildman–Crippen MR) is 88.1 cm³/mol. The van der Waals surface area contributed by atoms with Crippen LogP contribution in [-0.2, 0) is 0 Å². The number of nitrogens with one attached hydrogen (secondary N) is 3. The van der Waals surface area contributed by atoms with E-state index < -0.39 is 0 Å². The highest BCUT2D eigenvalue weighted by molar-refractivity contribution is 6.05. The Hall–Kier alpha value is -3.41. The number of amides is 1. The molecule has 6 nitrogen and oxygen atoms in total. The Bertz CT molecular complexity index is 954. The van der Waals surface area contributed by atoms with Gasteiger partial charge in [-0.2, -0.15) is 5.10 Å². The number of H-pyrrole nitrogens is 2. The Labute approximate surface area is 131 Å². The smallest absolute Gasteiger partial charge is 0.255 e. The Morgan fingerprint density at radius 1 is 1.04 bits per heavy atom. The molecule has 23 heavy (non-hydrogen) atoms. The molecule has 4 aromatic rings. The van der Waals surface area contributed by atoms with Crippen molar-refractivity contribution >= 4 is 22.6 Å². The van der Waals surface area contributed by atoms with Crippen molar-refractivity contribution in [2.45, 2.75) is 0 Å². The zero-order valence-corrected chi connectivity index (χ0v) is 12.1. The fourth-order valence-electron chi connectivity index (χ4n) is 2.43. The number of anilines is 1. The van der Waals surface area contributed by atoms with Crippen LogP contribution in [-0.4, -0.2) is 26.1 Å². The molecule has 3 N–H and O–H groups in total. The maximum absolute atomic E-state index is 12.3. The molecule has 2 aromatic carbocycles. The van der Waals surface area contributed by atoms with Crippen molar-refractivity contribution in [3.8, 4) is 11.3 Å². The van der Waals surface area contributed by atoms with Gasteiger partial charge in [-0.25, -0.2) is 4.98 Å². The van der Waals surface area contributed by atoms with E-state index in [-0.39, 0.29) is 5.91 Å². The highest BCUT2D eigenvalue weighted by Gasteiger charge is 2.08. The normalized spacial score (nSPS) is 10.8. The summed E-state index contributed by atoms with van der Waals surface area (Å²) in [6, 6.07) is 14.9. The third-order valence-corrected chi connectivity index (χ3v) is 3.64. The lowest BCUT2D eigenvalue weighted by Gasteiger charge is -2.06. The topological polar surface area (TPSA) is 86.5 Å². The Morgan fingerprint density at radius 3 is 2.70 bits per heavy atom. The lowest BCUT2D eigenvalue weighted by Crippen LogP contribution is -2.11. The minimum atomic E-state index is -0.157. The molecule has 0 radical (unpaired) electrons. The standard InChI is InChI=1S/C17H13N5O/c23-17(12-3-6-15-16(9-12)19-10-18-15)21-13-4-1-11(2-5-13)14-7-8-20-22-14/h1-10H,(H,18,19)(H,20,22)(H,21,23). The van der Waals surface area contributed by atoms with Gasteiger partial charge in [0.2, 0.25) is 0 Å². The number of benzene rings is 2. The average Bonchev–Trinajstić information content (AvgIpc) is 3.26. The lowest BCUT2D eigenvalue weighted by molar-refractivity contribution is 0.102. The first-order chi connectivity index (χ1) is 11.3. The number of aromatic nitrogens is 4. The van der Waals surface area contributed by atoms with Crippen LogP contribution in [0, 0.1) is 0 Å². The number of imidazole rings is 1. The molecule has 0 atom stereocenters. The van der Waals surface area contributed by atoms with Gasteiger partial charge in [0.1, 0.15) is 0 Å². The minimum Gasteiger partial charge on any atom is -0.345 e. The van der Waals surface area contributed by atoms with Gasteiger partial charge < -0.3 is 10.3 Å². The number of aromatic amines is 2. The van der Waals surface area contributed by atoms with Crippen LogP contribution in [0.4, 0.5) is 5.69 Å². The van der Waals surface area contributed by atoms with Crippen molar-refractivity contribution in [1.82, 2.24) is 20.2 Å². The summed E-state index contributed by atoms with van der Waals surface area (Å²) in [7, 11) is 0. The largest absolute Gasteiger partial charge is 0.345 e. The summed E-state index contributed by atoms with van der Waals surface area (Å²) in [6.45, 7) is 0. The highest BCUT2D eigenvalue weighted by atomic mass is 16.1. The van der Waals surface area contributed by atoms with Gasteiger partial charge in [0.15, 0.2) is 0 Å². The van der Waals surface area contributed by atoms with Crippen molar-refractivity contribution in [3.63, 3.8) is 0 Å². The quantitative estimate of drug-likeness (QED) is 0.543. The van der Waals surface area contributed by atoms with Crippen LogP contribution in [0.1, 0.15) is 10.4 Å². The number of carbonyl (C=O) groups is 1. The number of rotatable bonds is 3. The molecule has 0 fully saturated rings. The maximum Gasteiger partial charge on any atom is 0.255 e. The van der Waals surface area contributed by atoms with Gasteiger partial charge >= 0.3 is 0 Å². The second-order valence-electron chi connectivity index (χ2n) is 5.14. The van der Waals surface area contributed by atoms with Crippen LogP contribution in [0.2, 0.25) is 0 Å². The Balaban J connectivity index is 1.53. The first-order valence-electron chi connectivity index (χ1n) is 7.14. The van der Waals surface area contributed by atoms with Crippen LogP contribution in [0.15, 0.2) is 61.1 Å². The van der Waals surface area contributed by atoms with E-state index in [0.29, 0.717) is 5.56 Å². The molecule has 1 amide bonds. The van der Waals surface area contributed by atoms with E-state index in [1.165, 1.54) is 0 Å². The van der Waals surface area contributed by atoms with E-state index in [4.69, 9.17) is 0 Å². The summed E-state index contributed by atoms with van der Waals surface area (Å²) >= 11 is 0. The molecule has 112 valence electrons. The lowest BCUT2D eigenvalue weighted by atomic mass is 10.1. The van der Waals surface area contributed by atoms with Gasteiger partial charge in [0.05, 0.1) is 23.1 Å². The fourth-order valence-corrected chi connectivity index (χ4v) is 2.43. The second-order valence-corrected chi connectivity index (χ2v) is 5.14. The van der Waals surface area contributed by atoms with Gasteiger partial charge in [0.25, 0.3) is 5.91 Å². The number of hydrogen-bond acceptors (Lipinski definition) is 3. The summed E-state index contributed by atoms with van der Waals surface area (Å²) in [5.74, 6) is -0.157. The molecule has 0 unspecified atom stereocenters. The molecule has 6 heteroatoms. The fraction of sp³-hybridized carbons (Fsp3) is 0. The second kappa shape index (κ2) is 5.42. The molecule has 0 aliphatic rings. The van der Waals surface area contributed by atoms with Crippen LogP contribution >= 0.6 is 0 Å². The van der Waals surface area contributed by atoms with E-state index in [9.17, 15) is 4.79 Å². The molecule has 0 saturated heterocycles. The number of nitrogens with zero attached hydrogens (tertiary/aromatic N) is 2. The van der Waals surface area contributed by atoms with Gasteiger partial charge in [-0.05, 0) is 42.0 Å². The van der Waals surface area contributed by atoms with Crippen molar-refractivity contribution in [2.75, 3.05) is 5.32 Å². The molecule has 4 rings (SSSR count). The molecule has 0 saturated carbocycles. The zero-order chi connectivity index (χ0) is 15.6. The third-order valence-electron chi connectivity index (χ3n) is 3.64. The van der Waals surface area contributed by atoms with Crippen molar-refractivity contribution in [1.29, 1.82) is 0 Å². The van der Waals surface area contributed by atoms with E-state index in [2.05, 4.69) is 25.5 Å². The molecule has 0 aliphatic carbocycles. The monoisotopic (exact) mass is 303 g/mol. The van der Waals surface area contributed by atoms with E-state index in [0.717, 1.165) is 28.0 Å². The van der Waals surface area contributed by atoms with E-state index in [1.807, 2.05) is 36.4 Å². The molecule has 2 aromatic heterocycles. The summed E-state index contributed by atoms with van der Waals surface area (Å²) < 4.78 is 0. The van der Waals surface area contributed by atoms with Crippen molar-refractivity contribution < 1.29 is 4.79 Å². The van der Waals surface area contributed by atoms with Crippen LogP contribution in [0.5, 0.6) is 0 Å². The van der Waals surface area contributed by atoms with Crippen molar-refractivity contribution in [2.24, 2.45) is 0 Å². The maximum atomic E-state index is 12.3. The number of fused-ring (bicyclic) bond motifs is 1. The van der Waals surface area contributed by atoms with Gasteiger partial charge in [0, 0.05) is 17.4 Å². The van der Waals surface area contributed by atoms with Crippen LogP contribution < -0.4 is 5.32 Å².